The fraction of sp³-hybridized carbons (Fsp3) is 0.391. The molecule has 0 spiro atoms. The number of aryl methyl sites for hydroxylation is 2. The number of nitrogens with zero attached hydrogens (tertiary/aromatic N) is 1. The van der Waals surface area contributed by atoms with E-state index >= 15 is 0 Å². The standard InChI is InChI=1S/C23H29BrN2O3/c1-5-12-25-23(28)18(4)26(14-19-8-6-16(2)7-9-19)22(27)15-29-20-10-11-21(24)17(3)13-20/h6-11,13,18H,5,12,14-15H2,1-4H3,(H,25,28)/t18-/m0/s1. The Morgan fingerprint density at radius 3 is 2.45 bits per heavy atom. The van der Waals surface area contributed by atoms with Crippen LogP contribution < -0.4 is 10.1 Å². The third kappa shape index (κ3) is 6.89. The number of ether oxygens (including phenoxy) is 1. The van der Waals surface area contributed by atoms with Crippen molar-refractivity contribution in [3.05, 3.63) is 63.6 Å². The summed E-state index contributed by atoms with van der Waals surface area (Å²) in [4.78, 5) is 27.0. The fourth-order valence-electron chi connectivity index (χ4n) is 2.80. The summed E-state index contributed by atoms with van der Waals surface area (Å²) in [6.45, 7) is 8.53. The summed E-state index contributed by atoms with van der Waals surface area (Å²) in [5.74, 6) is 0.231. The molecule has 2 amide bonds. The Hall–Kier alpha value is -2.34. The monoisotopic (exact) mass is 460 g/mol. The van der Waals surface area contributed by atoms with E-state index in [1.54, 1.807) is 11.8 Å². The lowest BCUT2D eigenvalue weighted by molar-refractivity contribution is -0.142. The van der Waals surface area contributed by atoms with Crippen LogP contribution in [0.15, 0.2) is 46.9 Å². The molecule has 5 nitrogen and oxygen atoms in total. The molecule has 1 atom stereocenters. The van der Waals surface area contributed by atoms with E-state index in [9.17, 15) is 9.59 Å². The number of halogens is 1. The van der Waals surface area contributed by atoms with Crippen molar-refractivity contribution >= 4 is 27.7 Å². The number of carbonyl (C=O) groups is 2. The molecule has 0 aliphatic carbocycles. The quantitative estimate of drug-likeness (QED) is 0.603. The molecule has 6 heteroatoms. The summed E-state index contributed by atoms with van der Waals surface area (Å²) in [6, 6.07) is 12.9. The smallest absolute Gasteiger partial charge is 0.261 e. The van der Waals surface area contributed by atoms with Gasteiger partial charge in [-0.1, -0.05) is 52.7 Å². The van der Waals surface area contributed by atoms with Crippen molar-refractivity contribution in [2.24, 2.45) is 0 Å². The predicted octanol–water partition coefficient (Wildman–Crippen LogP) is 4.39. The van der Waals surface area contributed by atoms with Gasteiger partial charge in [0.25, 0.3) is 5.91 Å². The van der Waals surface area contributed by atoms with Gasteiger partial charge in [-0.2, -0.15) is 0 Å². The minimum Gasteiger partial charge on any atom is -0.484 e. The zero-order chi connectivity index (χ0) is 21.4. The van der Waals surface area contributed by atoms with E-state index in [1.807, 2.05) is 63.2 Å². The second kappa shape index (κ2) is 11.0. The number of hydrogen-bond acceptors (Lipinski definition) is 3. The van der Waals surface area contributed by atoms with Crippen molar-refractivity contribution in [1.82, 2.24) is 10.2 Å². The van der Waals surface area contributed by atoms with Crippen LogP contribution in [0, 0.1) is 13.8 Å². The Kier molecular flexibility index (Phi) is 8.70. The van der Waals surface area contributed by atoms with Gasteiger partial charge in [-0.15, -0.1) is 0 Å². The molecule has 156 valence electrons. The highest BCUT2D eigenvalue weighted by atomic mass is 79.9. The summed E-state index contributed by atoms with van der Waals surface area (Å²) in [7, 11) is 0. The highest BCUT2D eigenvalue weighted by molar-refractivity contribution is 9.10. The van der Waals surface area contributed by atoms with Crippen LogP contribution in [-0.4, -0.2) is 35.9 Å². The lowest BCUT2D eigenvalue weighted by atomic mass is 10.1. The Morgan fingerprint density at radius 1 is 1.14 bits per heavy atom. The number of benzene rings is 2. The maximum Gasteiger partial charge on any atom is 0.261 e. The molecule has 0 bridgehead atoms. The summed E-state index contributed by atoms with van der Waals surface area (Å²) >= 11 is 3.46. The van der Waals surface area contributed by atoms with E-state index in [0.29, 0.717) is 18.8 Å². The van der Waals surface area contributed by atoms with Crippen LogP contribution >= 0.6 is 15.9 Å². The molecule has 0 radical (unpaired) electrons. The number of carbonyl (C=O) groups excluding carboxylic acids is 2. The van der Waals surface area contributed by atoms with Gasteiger partial charge in [0.1, 0.15) is 11.8 Å². The largest absolute Gasteiger partial charge is 0.484 e. The molecule has 0 heterocycles. The van der Waals surface area contributed by atoms with E-state index in [4.69, 9.17) is 4.74 Å². The summed E-state index contributed by atoms with van der Waals surface area (Å²) in [5, 5.41) is 2.87. The van der Waals surface area contributed by atoms with Gasteiger partial charge < -0.3 is 15.0 Å². The number of amides is 2. The molecule has 0 fully saturated rings. The van der Waals surface area contributed by atoms with E-state index in [0.717, 1.165) is 27.6 Å². The first-order chi connectivity index (χ1) is 13.8. The first-order valence-electron chi connectivity index (χ1n) is 9.83. The van der Waals surface area contributed by atoms with E-state index in [-0.39, 0.29) is 18.4 Å². The second-order valence-corrected chi connectivity index (χ2v) is 8.03. The number of hydrogen-bond donors (Lipinski definition) is 1. The molecule has 0 aliphatic rings. The number of rotatable bonds is 9. The van der Waals surface area contributed by atoms with Crippen LogP contribution in [0.5, 0.6) is 5.75 Å². The van der Waals surface area contributed by atoms with Crippen LogP contribution in [0.3, 0.4) is 0 Å². The molecule has 2 aromatic carbocycles. The van der Waals surface area contributed by atoms with E-state index in [2.05, 4.69) is 21.2 Å². The topological polar surface area (TPSA) is 58.6 Å². The molecule has 0 unspecified atom stereocenters. The minimum atomic E-state index is -0.592. The van der Waals surface area contributed by atoms with E-state index in [1.165, 1.54) is 0 Å². The molecule has 0 aromatic heterocycles. The highest BCUT2D eigenvalue weighted by Crippen LogP contribution is 2.22. The maximum atomic E-state index is 13.0. The van der Waals surface area contributed by atoms with Gasteiger partial charge in [-0.25, -0.2) is 0 Å². The van der Waals surface area contributed by atoms with Gasteiger partial charge in [0.2, 0.25) is 5.91 Å². The first-order valence-corrected chi connectivity index (χ1v) is 10.6. The van der Waals surface area contributed by atoms with Crippen molar-refractivity contribution < 1.29 is 14.3 Å². The summed E-state index contributed by atoms with van der Waals surface area (Å²) in [5.41, 5.74) is 3.15. The Labute approximate surface area is 181 Å². The average Bonchev–Trinajstić information content (AvgIpc) is 2.71. The molecule has 2 aromatic rings. The van der Waals surface area contributed by atoms with Crippen molar-refractivity contribution in [2.45, 2.75) is 46.7 Å². The Balaban J connectivity index is 2.13. The van der Waals surface area contributed by atoms with Crippen LogP contribution in [0.25, 0.3) is 0 Å². The lowest BCUT2D eigenvalue weighted by Gasteiger charge is -2.28. The molecular formula is C23H29BrN2O3. The predicted molar refractivity (Wildman–Crippen MR) is 119 cm³/mol. The lowest BCUT2D eigenvalue weighted by Crippen LogP contribution is -2.49. The summed E-state index contributed by atoms with van der Waals surface area (Å²) in [6.07, 6.45) is 0.844. The Bertz CT molecular complexity index is 837. The van der Waals surface area contributed by atoms with Crippen molar-refractivity contribution in [3.8, 4) is 5.75 Å². The third-order valence-electron chi connectivity index (χ3n) is 4.68. The molecule has 0 saturated heterocycles. The molecule has 2 rings (SSSR count). The highest BCUT2D eigenvalue weighted by Gasteiger charge is 2.26. The molecule has 0 aliphatic heterocycles. The van der Waals surface area contributed by atoms with Crippen molar-refractivity contribution in [1.29, 1.82) is 0 Å². The normalized spacial score (nSPS) is 11.6. The molecular weight excluding hydrogens is 432 g/mol. The summed E-state index contributed by atoms with van der Waals surface area (Å²) < 4.78 is 6.69. The zero-order valence-corrected chi connectivity index (χ0v) is 19.1. The fourth-order valence-corrected chi connectivity index (χ4v) is 3.05. The number of nitrogens with one attached hydrogen (secondary N) is 1. The van der Waals surface area contributed by atoms with Crippen LogP contribution in [-0.2, 0) is 16.1 Å². The SMILES string of the molecule is CCCNC(=O)[C@H](C)N(Cc1ccc(C)cc1)C(=O)COc1ccc(Br)c(C)c1. The third-order valence-corrected chi connectivity index (χ3v) is 5.57. The van der Waals surface area contributed by atoms with Gasteiger partial charge in [0.05, 0.1) is 0 Å². The van der Waals surface area contributed by atoms with Gasteiger partial charge in [-0.3, -0.25) is 9.59 Å². The van der Waals surface area contributed by atoms with Gasteiger partial charge in [0, 0.05) is 17.6 Å². The first kappa shape index (κ1) is 22.9. The maximum absolute atomic E-state index is 13.0. The van der Waals surface area contributed by atoms with Gasteiger partial charge in [0.15, 0.2) is 6.61 Å². The van der Waals surface area contributed by atoms with Crippen molar-refractivity contribution in [2.75, 3.05) is 13.2 Å². The van der Waals surface area contributed by atoms with Crippen LogP contribution in [0.1, 0.15) is 37.0 Å². The molecule has 1 N–H and O–H groups in total. The Morgan fingerprint density at radius 2 is 1.83 bits per heavy atom. The van der Waals surface area contributed by atoms with Gasteiger partial charge in [-0.05, 0) is 56.5 Å². The van der Waals surface area contributed by atoms with Gasteiger partial charge >= 0.3 is 0 Å². The van der Waals surface area contributed by atoms with Crippen LogP contribution in [0.4, 0.5) is 0 Å². The minimum absolute atomic E-state index is 0.127. The van der Waals surface area contributed by atoms with E-state index < -0.39 is 6.04 Å². The average molecular weight is 461 g/mol. The van der Waals surface area contributed by atoms with Crippen molar-refractivity contribution in [3.63, 3.8) is 0 Å². The molecule has 29 heavy (non-hydrogen) atoms. The molecule has 0 saturated carbocycles. The van der Waals surface area contributed by atoms with Crippen LogP contribution in [0.2, 0.25) is 0 Å². The zero-order valence-electron chi connectivity index (χ0n) is 17.5. The second-order valence-electron chi connectivity index (χ2n) is 7.17.